The van der Waals surface area contributed by atoms with Gasteiger partial charge in [-0.15, -0.1) is 0 Å². The van der Waals surface area contributed by atoms with Crippen LogP contribution in [-0.4, -0.2) is 12.6 Å². The van der Waals surface area contributed by atoms with Gasteiger partial charge in [0.15, 0.2) is 0 Å². The number of hydrogen-bond acceptors (Lipinski definition) is 3. The van der Waals surface area contributed by atoms with Crippen LogP contribution in [0.25, 0.3) is 0 Å². The quantitative estimate of drug-likeness (QED) is 0.879. The summed E-state index contributed by atoms with van der Waals surface area (Å²) in [5.74, 6) is 1.11. The predicted molar refractivity (Wildman–Crippen MR) is 85.0 cm³/mol. The van der Waals surface area contributed by atoms with Crippen molar-refractivity contribution < 1.29 is 9.53 Å². The van der Waals surface area contributed by atoms with Gasteiger partial charge in [-0.25, -0.2) is 4.79 Å². The first kappa shape index (κ1) is 15.4. The van der Waals surface area contributed by atoms with E-state index in [9.17, 15) is 4.79 Å². The third-order valence-corrected chi connectivity index (χ3v) is 2.88. The van der Waals surface area contributed by atoms with Crippen LogP contribution in [0.1, 0.15) is 18.9 Å². The highest BCUT2D eigenvalue weighted by Crippen LogP contribution is 2.25. The Morgan fingerprint density at radius 2 is 1.91 bits per heavy atom. The number of nitrogens with one attached hydrogen (secondary N) is 2. The van der Waals surface area contributed by atoms with E-state index in [0.29, 0.717) is 29.3 Å². The number of amides is 2. The molecule has 2 amide bonds. The van der Waals surface area contributed by atoms with E-state index in [0.717, 1.165) is 6.42 Å². The van der Waals surface area contributed by atoms with Gasteiger partial charge >= 0.3 is 6.03 Å². The fourth-order valence-electron chi connectivity index (χ4n) is 1.80. The molecule has 5 heteroatoms. The molecule has 2 aromatic carbocycles. The van der Waals surface area contributed by atoms with Gasteiger partial charge in [0.25, 0.3) is 0 Å². The van der Waals surface area contributed by atoms with E-state index in [2.05, 4.69) is 16.7 Å². The van der Waals surface area contributed by atoms with E-state index in [-0.39, 0.29) is 6.03 Å². The van der Waals surface area contributed by atoms with Gasteiger partial charge in [0.05, 0.1) is 5.56 Å². The molecular formula is C17H17N3O2. The molecule has 112 valence electrons. The first-order valence-corrected chi connectivity index (χ1v) is 7.05. The number of nitriles is 1. The Morgan fingerprint density at radius 1 is 1.18 bits per heavy atom. The van der Waals surface area contributed by atoms with Crippen molar-refractivity contribution in [3.8, 4) is 17.6 Å². The molecule has 0 aliphatic heterocycles. The lowest BCUT2D eigenvalue weighted by Crippen LogP contribution is -2.29. The third kappa shape index (κ3) is 4.25. The van der Waals surface area contributed by atoms with Crippen LogP contribution < -0.4 is 15.4 Å². The average molecular weight is 295 g/mol. The van der Waals surface area contributed by atoms with Gasteiger partial charge in [-0.3, -0.25) is 0 Å². The molecule has 5 nitrogen and oxygen atoms in total. The number of carbonyl (C=O) groups excluding carboxylic acids is 1. The van der Waals surface area contributed by atoms with Crippen molar-refractivity contribution in [3.63, 3.8) is 0 Å². The molecule has 0 aromatic heterocycles. The molecular weight excluding hydrogens is 278 g/mol. The zero-order chi connectivity index (χ0) is 15.8. The molecule has 0 unspecified atom stereocenters. The minimum absolute atomic E-state index is 0.231. The molecule has 0 spiro atoms. The summed E-state index contributed by atoms with van der Waals surface area (Å²) in [4.78, 5) is 11.5. The van der Waals surface area contributed by atoms with Crippen molar-refractivity contribution in [2.24, 2.45) is 0 Å². The predicted octanol–water partition coefficient (Wildman–Crippen LogP) is 3.88. The molecule has 0 atom stereocenters. The van der Waals surface area contributed by atoms with E-state index in [1.165, 1.54) is 0 Å². The van der Waals surface area contributed by atoms with Crippen LogP contribution in [-0.2, 0) is 0 Å². The van der Waals surface area contributed by atoms with Crippen LogP contribution >= 0.6 is 0 Å². The standard InChI is InChI=1S/C17H17N3O2/c1-2-11-19-17(21)20-14-7-9-15(10-8-14)22-16-6-4-3-5-13(16)12-18/h3-10H,2,11H2,1H3,(H2,19,20,21). The number of hydrogen-bond donors (Lipinski definition) is 2. The topological polar surface area (TPSA) is 74.2 Å². The number of anilines is 1. The molecule has 0 bridgehead atoms. The van der Waals surface area contributed by atoms with Gasteiger partial charge in [0.1, 0.15) is 17.6 Å². The number of urea groups is 1. The molecule has 0 heterocycles. The number of benzene rings is 2. The summed E-state index contributed by atoms with van der Waals surface area (Å²) in [7, 11) is 0. The average Bonchev–Trinajstić information content (AvgIpc) is 2.55. The molecule has 0 aliphatic rings. The molecule has 0 radical (unpaired) electrons. The Bertz CT molecular complexity index is 675. The second-order valence-corrected chi connectivity index (χ2v) is 4.62. The highest BCUT2D eigenvalue weighted by Gasteiger charge is 2.04. The SMILES string of the molecule is CCCNC(=O)Nc1ccc(Oc2ccccc2C#N)cc1. The van der Waals surface area contributed by atoms with Gasteiger partial charge in [-0.2, -0.15) is 5.26 Å². The second kappa shape index (κ2) is 7.70. The van der Waals surface area contributed by atoms with Gasteiger partial charge in [-0.05, 0) is 42.8 Å². The van der Waals surface area contributed by atoms with Crippen LogP contribution in [0.2, 0.25) is 0 Å². The minimum atomic E-state index is -0.231. The maximum atomic E-state index is 11.5. The Balaban J connectivity index is 2.00. The summed E-state index contributed by atoms with van der Waals surface area (Å²) >= 11 is 0. The fourth-order valence-corrected chi connectivity index (χ4v) is 1.80. The van der Waals surface area contributed by atoms with Crippen LogP contribution in [0.15, 0.2) is 48.5 Å². The summed E-state index contributed by atoms with van der Waals surface area (Å²) in [6.07, 6.45) is 0.887. The number of nitrogens with zero attached hydrogens (tertiary/aromatic N) is 1. The summed E-state index contributed by atoms with van der Waals surface area (Å²) in [6, 6.07) is 15.9. The molecule has 0 aliphatic carbocycles. The van der Waals surface area contributed by atoms with E-state index in [1.807, 2.05) is 13.0 Å². The summed E-state index contributed by atoms with van der Waals surface area (Å²) in [6.45, 7) is 2.63. The first-order chi connectivity index (χ1) is 10.7. The maximum absolute atomic E-state index is 11.5. The van der Waals surface area contributed by atoms with Crippen molar-refractivity contribution in [3.05, 3.63) is 54.1 Å². The largest absolute Gasteiger partial charge is 0.456 e. The summed E-state index contributed by atoms with van der Waals surface area (Å²) < 4.78 is 5.67. The Morgan fingerprint density at radius 3 is 2.59 bits per heavy atom. The molecule has 2 aromatic rings. The monoisotopic (exact) mass is 295 g/mol. The van der Waals surface area contributed by atoms with Crippen LogP contribution in [0.4, 0.5) is 10.5 Å². The van der Waals surface area contributed by atoms with Crippen molar-refractivity contribution >= 4 is 11.7 Å². The molecule has 2 N–H and O–H groups in total. The Labute approximate surface area is 129 Å². The highest BCUT2D eigenvalue weighted by molar-refractivity contribution is 5.89. The normalized spacial score (nSPS) is 9.64. The number of carbonyl (C=O) groups is 1. The maximum Gasteiger partial charge on any atom is 0.319 e. The lowest BCUT2D eigenvalue weighted by atomic mass is 10.2. The summed E-state index contributed by atoms with van der Waals surface area (Å²) in [5.41, 5.74) is 1.15. The lowest BCUT2D eigenvalue weighted by molar-refractivity contribution is 0.252. The van der Waals surface area contributed by atoms with Crippen molar-refractivity contribution in [2.75, 3.05) is 11.9 Å². The molecule has 0 fully saturated rings. The van der Waals surface area contributed by atoms with Crippen molar-refractivity contribution in [1.29, 1.82) is 5.26 Å². The van der Waals surface area contributed by atoms with E-state index in [4.69, 9.17) is 10.00 Å². The Hall–Kier alpha value is -3.00. The number of rotatable bonds is 5. The fraction of sp³-hybridized carbons (Fsp3) is 0.176. The third-order valence-electron chi connectivity index (χ3n) is 2.88. The minimum Gasteiger partial charge on any atom is -0.456 e. The lowest BCUT2D eigenvalue weighted by Gasteiger charge is -2.09. The van der Waals surface area contributed by atoms with Gasteiger partial charge in [0.2, 0.25) is 0 Å². The smallest absolute Gasteiger partial charge is 0.319 e. The van der Waals surface area contributed by atoms with E-state index < -0.39 is 0 Å². The van der Waals surface area contributed by atoms with Crippen LogP contribution in [0, 0.1) is 11.3 Å². The molecule has 0 saturated carbocycles. The molecule has 22 heavy (non-hydrogen) atoms. The van der Waals surface area contributed by atoms with Gasteiger partial charge in [0, 0.05) is 12.2 Å². The van der Waals surface area contributed by atoms with E-state index >= 15 is 0 Å². The number of para-hydroxylation sites is 1. The highest BCUT2D eigenvalue weighted by atomic mass is 16.5. The van der Waals surface area contributed by atoms with Crippen LogP contribution in [0.5, 0.6) is 11.5 Å². The Kier molecular flexibility index (Phi) is 5.38. The van der Waals surface area contributed by atoms with Gasteiger partial charge < -0.3 is 15.4 Å². The van der Waals surface area contributed by atoms with Crippen molar-refractivity contribution in [1.82, 2.24) is 5.32 Å². The molecule has 2 rings (SSSR count). The number of ether oxygens (including phenoxy) is 1. The zero-order valence-corrected chi connectivity index (χ0v) is 12.3. The second-order valence-electron chi connectivity index (χ2n) is 4.62. The summed E-state index contributed by atoms with van der Waals surface area (Å²) in [5, 5.41) is 14.5. The molecule has 0 saturated heterocycles. The zero-order valence-electron chi connectivity index (χ0n) is 12.3. The van der Waals surface area contributed by atoms with Crippen LogP contribution in [0.3, 0.4) is 0 Å². The van der Waals surface area contributed by atoms with Gasteiger partial charge in [-0.1, -0.05) is 19.1 Å². The van der Waals surface area contributed by atoms with E-state index in [1.54, 1.807) is 42.5 Å². The van der Waals surface area contributed by atoms with Crippen molar-refractivity contribution in [2.45, 2.75) is 13.3 Å². The first-order valence-electron chi connectivity index (χ1n) is 7.05.